The summed E-state index contributed by atoms with van der Waals surface area (Å²) in [5.41, 5.74) is 1.06. The third kappa shape index (κ3) is 3.35. The number of aliphatic carboxylic acids is 1. The molecule has 1 aromatic rings. The molecule has 0 aromatic carbocycles. The van der Waals surface area contributed by atoms with E-state index in [4.69, 9.17) is 0 Å². The minimum Gasteiger partial charge on any atom is -0.481 e. The molecule has 0 bridgehead atoms. The summed E-state index contributed by atoms with van der Waals surface area (Å²) in [6.07, 6.45) is 2.03. The van der Waals surface area contributed by atoms with Crippen LogP contribution in [0.3, 0.4) is 0 Å². The Hall–Kier alpha value is -1.01. The maximum absolute atomic E-state index is 11.4. The van der Waals surface area contributed by atoms with Crippen molar-refractivity contribution in [1.82, 2.24) is 14.5 Å². The van der Waals surface area contributed by atoms with E-state index in [-0.39, 0.29) is 11.8 Å². The predicted molar refractivity (Wildman–Crippen MR) is 78.8 cm³/mol. The summed E-state index contributed by atoms with van der Waals surface area (Å²) in [5, 5.41) is 13.5. The van der Waals surface area contributed by atoms with Crippen molar-refractivity contribution in [1.29, 1.82) is 0 Å². The van der Waals surface area contributed by atoms with Crippen molar-refractivity contribution in [3.63, 3.8) is 0 Å². The molecule has 1 aliphatic heterocycles. The fraction of sp³-hybridized carbons (Fsp3) is 0.786. The summed E-state index contributed by atoms with van der Waals surface area (Å²) in [5.74, 6) is -0.232. The van der Waals surface area contributed by atoms with Gasteiger partial charge in [0.1, 0.15) is 0 Å². The molecule has 1 aliphatic rings. The van der Waals surface area contributed by atoms with Gasteiger partial charge in [0.15, 0.2) is 0 Å². The summed E-state index contributed by atoms with van der Waals surface area (Å²) in [6, 6.07) is 0. The molecule has 2 heterocycles. The van der Waals surface area contributed by atoms with Crippen LogP contribution in [0.2, 0.25) is 0 Å². The number of aromatic nitrogens is 2. The molecule has 112 valence electrons. The zero-order chi connectivity index (χ0) is 14.7. The van der Waals surface area contributed by atoms with Crippen molar-refractivity contribution in [2.45, 2.75) is 46.1 Å². The summed E-state index contributed by atoms with van der Waals surface area (Å²) < 4.78 is 4.04. The van der Waals surface area contributed by atoms with Gasteiger partial charge in [-0.05, 0) is 29.8 Å². The third-order valence-electron chi connectivity index (χ3n) is 3.99. The molecule has 0 amide bonds. The zero-order valence-corrected chi connectivity index (χ0v) is 13.2. The molecule has 0 saturated carbocycles. The number of hydrogen-bond donors (Lipinski definition) is 1. The molecule has 5 nitrogen and oxygen atoms in total. The standard InChI is InChI=1S/C14H23N3O2S/c1-4-5-10-6-17(7-11(10)14(18)19)8-12-13(9(2)3)15-16-20-12/h9-11H,4-8H2,1-3H3,(H,18,19). The Bertz CT molecular complexity index is 461. The number of likely N-dealkylation sites (tertiary alicyclic amines) is 1. The van der Waals surface area contributed by atoms with Crippen LogP contribution in [0, 0.1) is 11.8 Å². The van der Waals surface area contributed by atoms with Gasteiger partial charge in [-0.15, -0.1) is 5.10 Å². The van der Waals surface area contributed by atoms with Crippen molar-refractivity contribution in [3.05, 3.63) is 10.6 Å². The van der Waals surface area contributed by atoms with E-state index in [0.29, 0.717) is 12.5 Å². The molecule has 1 fully saturated rings. The highest BCUT2D eigenvalue weighted by molar-refractivity contribution is 7.05. The molecule has 2 atom stereocenters. The van der Waals surface area contributed by atoms with E-state index < -0.39 is 5.97 Å². The van der Waals surface area contributed by atoms with E-state index >= 15 is 0 Å². The highest BCUT2D eigenvalue weighted by Gasteiger charge is 2.37. The Morgan fingerprint density at radius 3 is 2.85 bits per heavy atom. The van der Waals surface area contributed by atoms with Crippen LogP contribution < -0.4 is 0 Å². The molecule has 1 N–H and O–H groups in total. The average molecular weight is 297 g/mol. The quantitative estimate of drug-likeness (QED) is 0.874. The maximum Gasteiger partial charge on any atom is 0.308 e. The van der Waals surface area contributed by atoms with E-state index in [9.17, 15) is 9.90 Å². The number of nitrogens with zero attached hydrogens (tertiary/aromatic N) is 3. The van der Waals surface area contributed by atoms with Gasteiger partial charge in [-0.25, -0.2) is 0 Å². The molecule has 20 heavy (non-hydrogen) atoms. The lowest BCUT2D eigenvalue weighted by Crippen LogP contribution is -2.23. The molecule has 1 saturated heterocycles. The minimum absolute atomic E-state index is 0.224. The Morgan fingerprint density at radius 2 is 2.25 bits per heavy atom. The lowest BCUT2D eigenvalue weighted by Gasteiger charge is -2.15. The summed E-state index contributed by atoms with van der Waals surface area (Å²) >= 11 is 1.44. The first-order chi connectivity index (χ1) is 9.52. The fourth-order valence-corrected chi connectivity index (χ4v) is 3.84. The topological polar surface area (TPSA) is 66.3 Å². The van der Waals surface area contributed by atoms with E-state index in [2.05, 4.69) is 35.3 Å². The Balaban J connectivity index is 2.04. The Labute approximate surface area is 124 Å². The minimum atomic E-state index is -0.655. The highest BCUT2D eigenvalue weighted by Crippen LogP contribution is 2.30. The first kappa shape index (κ1) is 15.4. The zero-order valence-electron chi connectivity index (χ0n) is 12.4. The second kappa shape index (κ2) is 6.63. The average Bonchev–Trinajstić information content (AvgIpc) is 2.97. The molecule has 0 aliphatic carbocycles. The van der Waals surface area contributed by atoms with Gasteiger partial charge >= 0.3 is 5.97 Å². The third-order valence-corrected chi connectivity index (χ3v) is 4.71. The summed E-state index contributed by atoms with van der Waals surface area (Å²) in [4.78, 5) is 14.8. The first-order valence-electron chi connectivity index (χ1n) is 7.29. The van der Waals surface area contributed by atoms with Crippen molar-refractivity contribution in [2.75, 3.05) is 13.1 Å². The van der Waals surface area contributed by atoms with Crippen molar-refractivity contribution in [2.24, 2.45) is 11.8 Å². The van der Waals surface area contributed by atoms with Gasteiger partial charge in [0.2, 0.25) is 0 Å². The van der Waals surface area contributed by atoms with Crippen LogP contribution in [0.1, 0.15) is 50.1 Å². The monoisotopic (exact) mass is 297 g/mol. The normalized spacial score (nSPS) is 23.6. The number of carbonyl (C=O) groups is 1. The molecule has 2 rings (SSSR count). The molecule has 0 spiro atoms. The largest absolute Gasteiger partial charge is 0.481 e. The predicted octanol–water partition coefficient (Wildman–Crippen LogP) is 2.59. The van der Waals surface area contributed by atoms with E-state index in [1.54, 1.807) is 0 Å². The lowest BCUT2D eigenvalue weighted by molar-refractivity contribution is -0.142. The van der Waals surface area contributed by atoms with Gasteiger partial charge < -0.3 is 5.11 Å². The first-order valence-corrected chi connectivity index (χ1v) is 8.06. The van der Waals surface area contributed by atoms with Crippen molar-refractivity contribution >= 4 is 17.5 Å². The second-order valence-electron chi connectivity index (χ2n) is 5.92. The molecule has 2 unspecified atom stereocenters. The maximum atomic E-state index is 11.4. The molecule has 0 radical (unpaired) electrons. The van der Waals surface area contributed by atoms with Crippen LogP contribution >= 0.6 is 11.5 Å². The lowest BCUT2D eigenvalue weighted by atomic mass is 9.92. The van der Waals surface area contributed by atoms with Gasteiger partial charge in [-0.3, -0.25) is 9.69 Å². The smallest absolute Gasteiger partial charge is 0.308 e. The van der Waals surface area contributed by atoms with Gasteiger partial charge in [0.05, 0.1) is 16.5 Å². The number of rotatable bonds is 6. The van der Waals surface area contributed by atoms with Crippen LogP contribution in [0.25, 0.3) is 0 Å². The second-order valence-corrected chi connectivity index (χ2v) is 6.76. The summed E-state index contributed by atoms with van der Waals surface area (Å²) in [7, 11) is 0. The highest BCUT2D eigenvalue weighted by atomic mass is 32.1. The SMILES string of the molecule is CCCC1CN(Cc2snnc2C(C)C)CC1C(=O)O. The van der Waals surface area contributed by atoms with Crippen LogP contribution in [0.4, 0.5) is 0 Å². The Kier molecular flexibility index (Phi) is 5.10. The number of hydrogen-bond acceptors (Lipinski definition) is 5. The van der Waals surface area contributed by atoms with E-state index in [0.717, 1.165) is 31.6 Å². The van der Waals surface area contributed by atoms with Crippen molar-refractivity contribution < 1.29 is 9.90 Å². The van der Waals surface area contributed by atoms with E-state index in [1.165, 1.54) is 16.4 Å². The van der Waals surface area contributed by atoms with Crippen LogP contribution in [0.5, 0.6) is 0 Å². The molecule has 1 aromatic heterocycles. The van der Waals surface area contributed by atoms with Crippen molar-refractivity contribution in [3.8, 4) is 0 Å². The van der Waals surface area contributed by atoms with Gasteiger partial charge in [-0.2, -0.15) is 0 Å². The Morgan fingerprint density at radius 1 is 1.50 bits per heavy atom. The van der Waals surface area contributed by atoms with Gasteiger partial charge in [0, 0.05) is 19.6 Å². The van der Waals surface area contributed by atoms with Crippen LogP contribution in [0.15, 0.2) is 0 Å². The number of carboxylic acids is 1. The van der Waals surface area contributed by atoms with Gasteiger partial charge in [0.25, 0.3) is 0 Å². The fourth-order valence-electron chi connectivity index (χ4n) is 3.00. The van der Waals surface area contributed by atoms with E-state index in [1.807, 2.05) is 0 Å². The van der Waals surface area contributed by atoms with Gasteiger partial charge in [-0.1, -0.05) is 31.7 Å². The van der Waals surface area contributed by atoms with Crippen LogP contribution in [-0.2, 0) is 11.3 Å². The summed E-state index contributed by atoms with van der Waals surface area (Å²) in [6.45, 7) is 8.66. The molecule has 6 heteroatoms. The molecular weight excluding hydrogens is 274 g/mol. The number of carboxylic acid groups (broad SMARTS) is 1. The van der Waals surface area contributed by atoms with Crippen LogP contribution in [-0.4, -0.2) is 38.7 Å². The molecular formula is C14H23N3O2S.